The van der Waals surface area contributed by atoms with Crippen LogP contribution in [0.25, 0.3) is 0 Å². The number of amides is 1. The summed E-state index contributed by atoms with van der Waals surface area (Å²) in [5.74, 6) is 0.509. The number of benzene rings is 2. The number of nitrogens with zero attached hydrogens (tertiary/aromatic N) is 3. The number of aromatic nitrogens is 1. The van der Waals surface area contributed by atoms with Crippen molar-refractivity contribution >= 4 is 28.1 Å². The number of rotatable bonds is 5. The second kappa shape index (κ2) is 7.60. The van der Waals surface area contributed by atoms with Crippen molar-refractivity contribution < 1.29 is 9.53 Å². The maximum absolute atomic E-state index is 12.0. The second-order valence-electron chi connectivity index (χ2n) is 5.24. The molecule has 0 radical (unpaired) electrons. The molecule has 6 heteroatoms. The minimum Gasteiger partial charge on any atom is -0.487 e. The Morgan fingerprint density at radius 3 is 2.76 bits per heavy atom. The topological polar surface area (TPSA) is 66.2 Å². The van der Waals surface area contributed by atoms with Gasteiger partial charge in [0.15, 0.2) is 5.13 Å². The van der Waals surface area contributed by atoms with E-state index in [-0.39, 0.29) is 12.5 Å². The summed E-state index contributed by atoms with van der Waals surface area (Å²) in [4.78, 5) is 18.1. The number of carbonyl (C=O) groups is 1. The molecule has 0 N–H and O–H groups in total. The first-order valence-electron chi connectivity index (χ1n) is 7.60. The molecule has 0 aliphatic rings. The summed E-state index contributed by atoms with van der Waals surface area (Å²) in [6, 6.07) is 18.4. The summed E-state index contributed by atoms with van der Waals surface area (Å²) < 4.78 is 5.68. The third-order valence-corrected chi connectivity index (χ3v) is 4.28. The summed E-state index contributed by atoms with van der Waals surface area (Å²) in [5.41, 5.74) is 2.05. The molecule has 0 unspecified atom stereocenters. The van der Waals surface area contributed by atoms with E-state index in [0.29, 0.717) is 16.4 Å². The Morgan fingerprint density at radius 2 is 2.04 bits per heavy atom. The molecule has 1 amide bonds. The van der Waals surface area contributed by atoms with E-state index in [9.17, 15) is 4.79 Å². The molecule has 0 aliphatic heterocycles. The predicted molar refractivity (Wildman–Crippen MR) is 96.9 cm³/mol. The SMILES string of the molecule is CC(=O)N(c1ccccc1)c1nc(COc2cccc(C#N)c2)cs1. The summed E-state index contributed by atoms with van der Waals surface area (Å²) in [7, 11) is 0. The van der Waals surface area contributed by atoms with Gasteiger partial charge in [0.1, 0.15) is 12.4 Å². The van der Waals surface area contributed by atoms with Gasteiger partial charge in [0.05, 0.1) is 23.0 Å². The minimum atomic E-state index is -0.102. The molecule has 0 spiro atoms. The van der Waals surface area contributed by atoms with E-state index in [1.807, 2.05) is 35.7 Å². The summed E-state index contributed by atoms with van der Waals surface area (Å²) >= 11 is 1.39. The molecule has 25 heavy (non-hydrogen) atoms. The van der Waals surface area contributed by atoms with Crippen LogP contribution in [-0.2, 0) is 11.4 Å². The van der Waals surface area contributed by atoms with E-state index >= 15 is 0 Å². The van der Waals surface area contributed by atoms with Crippen LogP contribution in [0.15, 0.2) is 60.0 Å². The van der Waals surface area contributed by atoms with Gasteiger partial charge < -0.3 is 4.74 Å². The van der Waals surface area contributed by atoms with Crippen LogP contribution in [0.2, 0.25) is 0 Å². The van der Waals surface area contributed by atoms with Gasteiger partial charge in [0.2, 0.25) is 5.91 Å². The number of hydrogen-bond acceptors (Lipinski definition) is 5. The maximum atomic E-state index is 12.0. The molecule has 1 aromatic heterocycles. The number of thiazole rings is 1. The highest BCUT2D eigenvalue weighted by Gasteiger charge is 2.17. The predicted octanol–water partition coefficient (Wildman–Crippen LogP) is 4.28. The molecule has 5 nitrogen and oxygen atoms in total. The Kier molecular flexibility index (Phi) is 5.07. The molecule has 1 heterocycles. The fourth-order valence-electron chi connectivity index (χ4n) is 2.28. The van der Waals surface area contributed by atoms with Gasteiger partial charge in [-0.3, -0.25) is 9.69 Å². The molecule has 2 aromatic carbocycles. The van der Waals surface area contributed by atoms with E-state index in [1.165, 1.54) is 18.3 Å². The molecule has 3 aromatic rings. The van der Waals surface area contributed by atoms with Crippen LogP contribution in [0.5, 0.6) is 5.75 Å². The third kappa shape index (κ3) is 4.03. The second-order valence-corrected chi connectivity index (χ2v) is 6.08. The van der Waals surface area contributed by atoms with Crippen LogP contribution in [-0.4, -0.2) is 10.9 Å². The highest BCUT2D eigenvalue weighted by molar-refractivity contribution is 7.14. The fraction of sp³-hybridized carbons (Fsp3) is 0.105. The van der Waals surface area contributed by atoms with E-state index in [2.05, 4.69) is 11.1 Å². The first kappa shape index (κ1) is 16.7. The van der Waals surface area contributed by atoms with Crippen molar-refractivity contribution in [2.75, 3.05) is 4.90 Å². The monoisotopic (exact) mass is 349 g/mol. The van der Waals surface area contributed by atoms with Crippen LogP contribution >= 0.6 is 11.3 Å². The van der Waals surface area contributed by atoms with Crippen LogP contribution in [0.1, 0.15) is 18.2 Å². The van der Waals surface area contributed by atoms with Crippen LogP contribution < -0.4 is 9.64 Å². The number of carbonyl (C=O) groups excluding carboxylic acids is 1. The van der Waals surface area contributed by atoms with Gasteiger partial charge >= 0.3 is 0 Å². The molecular formula is C19H15N3O2S. The molecular weight excluding hydrogens is 334 g/mol. The lowest BCUT2D eigenvalue weighted by Gasteiger charge is -2.17. The van der Waals surface area contributed by atoms with Crippen molar-refractivity contribution in [1.29, 1.82) is 5.26 Å². The Hall–Kier alpha value is -3.17. The van der Waals surface area contributed by atoms with Crippen LogP contribution in [0.3, 0.4) is 0 Å². The average Bonchev–Trinajstić information content (AvgIpc) is 3.09. The van der Waals surface area contributed by atoms with Crippen molar-refractivity contribution in [2.45, 2.75) is 13.5 Å². The quantitative estimate of drug-likeness (QED) is 0.689. The summed E-state index contributed by atoms with van der Waals surface area (Å²) in [5, 5.41) is 11.4. The van der Waals surface area contributed by atoms with Crippen molar-refractivity contribution in [3.8, 4) is 11.8 Å². The number of hydrogen-bond donors (Lipinski definition) is 0. The minimum absolute atomic E-state index is 0.102. The molecule has 3 rings (SSSR count). The largest absolute Gasteiger partial charge is 0.487 e. The lowest BCUT2D eigenvalue weighted by atomic mass is 10.2. The lowest BCUT2D eigenvalue weighted by Crippen LogP contribution is -2.22. The van der Waals surface area contributed by atoms with Crippen LogP contribution in [0, 0.1) is 11.3 Å². The first-order valence-corrected chi connectivity index (χ1v) is 8.48. The van der Waals surface area contributed by atoms with Crippen molar-refractivity contribution in [2.24, 2.45) is 0 Å². The van der Waals surface area contributed by atoms with Crippen molar-refractivity contribution in [3.05, 3.63) is 71.2 Å². The molecule has 0 saturated carbocycles. The van der Waals surface area contributed by atoms with E-state index in [4.69, 9.17) is 10.00 Å². The summed E-state index contributed by atoms with van der Waals surface area (Å²) in [6.07, 6.45) is 0. The maximum Gasteiger partial charge on any atom is 0.230 e. The zero-order chi connectivity index (χ0) is 17.6. The van der Waals surface area contributed by atoms with Gasteiger partial charge in [-0.25, -0.2) is 4.98 Å². The molecule has 0 atom stereocenters. The Morgan fingerprint density at radius 1 is 1.24 bits per heavy atom. The van der Waals surface area contributed by atoms with Gasteiger partial charge in [-0.15, -0.1) is 11.3 Å². The zero-order valence-electron chi connectivity index (χ0n) is 13.5. The van der Waals surface area contributed by atoms with Gasteiger partial charge in [0, 0.05) is 12.3 Å². The molecule has 0 aliphatic carbocycles. The smallest absolute Gasteiger partial charge is 0.230 e. The fourth-order valence-corrected chi connectivity index (χ4v) is 3.15. The Balaban J connectivity index is 1.75. The highest BCUT2D eigenvalue weighted by atomic mass is 32.1. The Labute approximate surface area is 149 Å². The molecule has 0 saturated heterocycles. The van der Waals surface area contributed by atoms with Crippen LogP contribution in [0.4, 0.5) is 10.8 Å². The standard InChI is InChI=1S/C19H15N3O2S/c1-14(23)22(17-7-3-2-4-8-17)19-21-16(13-25-19)12-24-18-9-5-6-15(10-18)11-20/h2-10,13H,12H2,1H3. The van der Waals surface area contributed by atoms with E-state index < -0.39 is 0 Å². The number of anilines is 2. The van der Waals surface area contributed by atoms with E-state index in [0.717, 1.165) is 11.4 Å². The van der Waals surface area contributed by atoms with Crippen molar-refractivity contribution in [1.82, 2.24) is 4.98 Å². The van der Waals surface area contributed by atoms with Gasteiger partial charge in [-0.05, 0) is 30.3 Å². The zero-order valence-corrected chi connectivity index (χ0v) is 14.4. The number of ether oxygens (including phenoxy) is 1. The molecule has 124 valence electrons. The van der Waals surface area contributed by atoms with Crippen molar-refractivity contribution in [3.63, 3.8) is 0 Å². The number of para-hydroxylation sites is 1. The Bertz CT molecular complexity index is 916. The highest BCUT2D eigenvalue weighted by Crippen LogP contribution is 2.29. The van der Waals surface area contributed by atoms with Gasteiger partial charge in [0.25, 0.3) is 0 Å². The molecule has 0 fully saturated rings. The third-order valence-electron chi connectivity index (χ3n) is 3.41. The first-order chi connectivity index (χ1) is 12.2. The van der Waals surface area contributed by atoms with Gasteiger partial charge in [-0.2, -0.15) is 5.26 Å². The van der Waals surface area contributed by atoms with Gasteiger partial charge in [-0.1, -0.05) is 24.3 Å². The average molecular weight is 349 g/mol. The normalized spacial score (nSPS) is 10.1. The van der Waals surface area contributed by atoms with E-state index in [1.54, 1.807) is 29.2 Å². The number of nitriles is 1. The summed E-state index contributed by atoms with van der Waals surface area (Å²) in [6.45, 7) is 1.78. The molecule has 0 bridgehead atoms. The lowest BCUT2D eigenvalue weighted by molar-refractivity contribution is -0.115.